The van der Waals surface area contributed by atoms with E-state index in [4.69, 9.17) is 4.74 Å². The maximum Gasteiger partial charge on any atom is 0.359 e. The summed E-state index contributed by atoms with van der Waals surface area (Å²) in [6.07, 6.45) is 13.7. The van der Waals surface area contributed by atoms with Gasteiger partial charge in [0.25, 0.3) is 0 Å². The van der Waals surface area contributed by atoms with Crippen molar-refractivity contribution in [2.45, 2.75) is 12.3 Å². The molecule has 4 heteroatoms. The Labute approximate surface area is 89.3 Å². The van der Waals surface area contributed by atoms with Gasteiger partial charge in [-0.15, -0.1) is 0 Å². The lowest BCUT2D eigenvalue weighted by Crippen LogP contribution is -2.20. The molecule has 0 aromatic rings. The van der Waals surface area contributed by atoms with E-state index in [-0.39, 0.29) is 5.92 Å². The third-order valence-corrected chi connectivity index (χ3v) is 3.26. The molecule has 0 aromatic heterocycles. The zero-order valence-electron chi connectivity index (χ0n) is 8.08. The quantitative estimate of drug-likeness (QED) is 0.671. The van der Waals surface area contributed by atoms with Crippen molar-refractivity contribution < 1.29 is 14.2 Å². The third-order valence-electron chi connectivity index (χ3n) is 2.46. The predicted molar refractivity (Wildman–Crippen MR) is 56.1 cm³/mol. The van der Waals surface area contributed by atoms with Crippen molar-refractivity contribution in [2.75, 3.05) is 0 Å². The number of rotatable bonds is 2. The van der Waals surface area contributed by atoms with E-state index in [0.29, 0.717) is 0 Å². The summed E-state index contributed by atoms with van der Waals surface area (Å²) in [5.41, 5.74) is 0.814. The Hall–Kier alpha value is -1.18. The summed E-state index contributed by atoms with van der Waals surface area (Å²) in [6, 6.07) is 0. The molecule has 1 aliphatic carbocycles. The van der Waals surface area contributed by atoms with Gasteiger partial charge in [-0.1, -0.05) is 34.9 Å². The average Bonchev–Trinajstić information content (AvgIpc) is 2.30. The van der Waals surface area contributed by atoms with Crippen LogP contribution < -0.4 is 4.89 Å². The summed E-state index contributed by atoms with van der Waals surface area (Å²) in [5, 5.41) is 0. The van der Waals surface area contributed by atoms with Crippen molar-refractivity contribution >= 4 is 8.03 Å². The Morgan fingerprint density at radius 2 is 2.27 bits per heavy atom. The van der Waals surface area contributed by atoms with Crippen LogP contribution in [-0.2, 0) is 9.30 Å². The molecule has 2 aliphatic rings. The lowest BCUT2D eigenvalue weighted by atomic mass is 9.92. The summed E-state index contributed by atoms with van der Waals surface area (Å²) in [7, 11) is -2.58. The van der Waals surface area contributed by atoms with Crippen molar-refractivity contribution in [3.05, 3.63) is 48.3 Å². The molecular weight excluding hydrogens is 211 g/mol. The molecule has 1 heterocycles. The fraction of sp³-hybridized carbons (Fsp3) is 0.273. The molecule has 0 N–H and O–H groups in total. The fourth-order valence-corrected chi connectivity index (χ4v) is 2.43. The zero-order valence-corrected chi connectivity index (χ0v) is 8.97. The Kier molecular flexibility index (Phi) is 3.14. The van der Waals surface area contributed by atoms with Gasteiger partial charge < -0.3 is 9.63 Å². The first-order chi connectivity index (χ1) is 7.29. The van der Waals surface area contributed by atoms with Crippen LogP contribution in [-0.4, -0.2) is 5.85 Å². The molecule has 3 nitrogen and oxygen atoms in total. The lowest BCUT2D eigenvalue weighted by Gasteiger charge is -2.21. The molecule has 78 valence electrons. The molecule has 0 amide bonds. The van der Waals surface area contributed by atoms with E-state index < -0.39 is 13.9 Å². The first-order valence-electron chi connectivity index (χ1n) is 4.78. The van der Waals surface area contributed by atoms with E-state index in [9.17, 15) is 9.46 Å². The molecule has 0 spiro atoms. The zero-order chi connectivity index (χ0) is 10.7. The van der Waals surface area contributed by atoms with Crippen LogP contribution in [0.5, 0.6) is 0 Å². The Morgan fingerprint density at radius 3 is 2.93 bits per heavy atom. The van der Waals surface area contributed by atoms with Gasteiger partial charge in [-0.05, 0) is 12.5 Å². The van der Waals surface area contributed by atoms with E-state index in [0.717, 1.165) is 12.0 Å². The van der Waals surface area contributed by atoms with Crippen molar-refractivity contribution in [2.24, 2.45) is 5.92 Å². The first-order valence-corrected chi connectivity index (χ1v) is 6.02. The summed E-state index contributed by atoms with van der Waals surface area (Å²) in [5.74, 6) is -0.663. The predicted octanol–water partition coefficient (Wildman–Crippen LogP) is 2.02. The highest BCUT2D eigenvalue weighted by molar-refractivity contribution is 7.37. The van der Waals surface area contributed by atoms with Crippen molar-refractivity contribution in [3.8, 4) is 0 Å². The van der Waals surface area contributed by atoms with Gasteiger partial charge in [-0.2, -0.15) is 0 Å². The average molecular weight is 222 g/mol. The van der Waals surface area contributed by atoms with Crippen LogP contribution in [0.25, 0.3) is 0 Å². The standard InChI is InChI=1S/C11H11O3P/c12-15(13)11-10(7-4-8-14-11)9-5-2-1-3-6-9/h1-5,7-9,11H,6H2. The molecule has 1 aliphatic heterocycles. The van der Waals surface area contributed by atoms with Crippen molar-refractivity contribution in [1.29, 1.82) is 0 Å². The van der Waals surface area contributed by atoms with Crippen LogP contribution in [0.1, 0.15) is 6.42 Å². The molecule has 3 atom stereocenters. The molecule has 0 fully saturated rings. The molecule has 15 heavy (non-hydrogen) atoms. The molecule has 3 unspecified atom stereocenters. The van der Waals surface area contributed by atoms with Gasteiger partial charge in [-0.3, -0.25) is 0 Å². The smallest absolute Gasteiger partial charge is 0.359 e. The Morgan fingerprint density at radius 1 is 1.40 bits per heavy atom. The molecule has 2 rings (SSSR count). The van der Waals surface area contributed by atoms with Gasteiger partial charge in [0.15, 0.2) is 0 Å². The second-order valence-electron chi connectivity index (χ2n) is 3.42. The van der Waals surface area contributed by atoms with Crippen LogP contribution >= 0.6 is 8.03 Å². The van der Waals surface area contributed by atoms with Gasteiger partial charge in [0.2, 0.25) is 0 Å². The van der Waals surface area contributed by atoms with Crippen LogP contribution in [0.3, 0.4) is 0 Å². The normalized spacial score (nSPS) is 29.7. The molecule has 0 saturated heterocycles. The second kappa shape index (κ2) is 4.56. The topological polar surface area (TPSA) is 49.4 Å². The van der Waals surface area contributed by atoms with Gasteiger partial charge >= 0.3 is 13.9 Å². The molecule has 0 aromatic carbocycles. The number of hydrogen-bond acceptors (Lipinski definition) is 3. The highest BCUT2D eigenvalue weighted by Gasteiger charge is 2.32. The van der Waals surface area contributed by atoms with Crippen molar-refractivity contribution in [3.63, 3.8) is 0 Å². The van der Waals surface area contributed by atoms with E-state index in [1.165, 1.54) is 6.26 Å². The molecule has 0 saturated carbocycles. The minimum atomic E-state index is -2.58. The highest BCUT2D eigenvalue weighted by Crippen LogP contribution is 2.36. The molecule has 0 radical (unpaired) electrons. The minimum absolute atomic E-state index is 0.137. The van der Waals surface area contributed by atoms with E-state index in [1.54, 1.807) is 6.08 Å². The highest BCUT2D eigenvalue weighted by atomic mass is 31.1. The van der Waals surface area contributed by atoms with Crippen LogP contribution in [0, 0.1) is 5.92 Å². The van der Waals surface area contributed by atoms with Crippen LogP contribution in [0.2, 0.25) is 0 Å². The Bertz CT molecular complexity index is 379. The largest absolute Gasteiger partial charge is 0.592 e. The summed E-state index contributed by atoms with van der Waals surface area (Å²) in [4.78, 5) is 11.0. The van der Waals surface area contributed by atoms with E-state index >= 15 is 0 Å². The van der Waals surface area contributed by atoms with E-state index in [1.807, 2.05) is 30.4 Å². The summed E-state index contributed by atoms with van der Waals surface area (Å²) < 4.78 is 16.1. The number of hydrogen-bond donors (Lipinski definition) is 0. The van der Waals surface area contributed by atoms with Gasteiger partial charge in [-0.25, -0.2) is 0 Å². The van der Waals surface area contributed by atoms with E-state index in [2.05, 4.69) is 0 Å². The number of allylic oxidation sites excluding steroid dienone is 6. The lowest BCUT2D eigenvalue weighted by molar-refractivity contribution is -0.170. The van der Waals surface area contributed by atoms with Gasteiger partial charge in [0, 0.05) is 11.5 Å². The summed E-state index contributed by atoms with van der Waals surface area (Å²) in [6.45, 7) is 0. The van der Waals surface area contributed by atoms with Gasteiger partial charge in [0.05, 0.1) is 6.26 Å². The van der Waals surface area contributed by atoms with Crippen LogP contribution in [0.4, 0.5) is 0 Å². The van der Waals surface area contributed by atoms with Crippen LogP contribution in [0.15, 0.2) is 48.3 Å². The first kappa shape index (κ1) is 10.3. The second-order valence-corrected chi connectivity index (χ2v) is 4.46. The monoisotopic (exact) mass is 222 g/mol. The third kappa shape index (κ3) is 2.25. The molecular formula is C11H11O3P. The number of ether oxygens (including phenoxy) is 1. The maximum atomic E-state index is 11.0. The SMILES string of the molecule is O=[P+]([O-])C1OC=CC=C1C1C=CC=CC1. The maximum absolute atomic E-state index is 11.0. The Balaban J connectivity index is 2.21. The fourth-order valence-electron chi connectivity index (χ4n) is 1.74. The van der Waals surface area contributed by atoms with Gasteiger partial charge in [0.1, 0.15) is 0 Å². The summed E-state index contributed by atoms with van der Waals surface area (Å²) >= 11 is 0. The van der Waals surface area contributed by atoms with Crippen molar-refractivity contribution in [1.82, 2.24) is 0 Å². The minimum Gasteiger partial charge on any atom is -0.592 e. The molecule has 0 bridgehead atoms.